The summed E-state index contributed by atoms with van der Waals surface area (Å²) in [4.78, 5) is 2.19. The van der Waals surface area contributed by atoms with Gasteiger partial charge in [-0.25, -0.2) is 0 Å². The second-order valence-electron chi connectivity index (χ2n) is 4.28. The molecule has 0 saturated heterocycles. The van der Waals surface area contributed by atoms with Crippen LogP contribution in [0.5, 0.6) is 0 Å². The molecule has 0 atom stereocenters. The average Bonchev–Trinajstić information content (AvgIpc) is 3.04. The molecule has 18 heavy (non-hydrogen) atoms. The normalized spacial score (nSPS) is 14.4. The van der Waals surface area contributed by atoms with Gasteiger partial charge >= 0.3 is 0 Å². The number of furan rings is 1. The molecule has 1 N–H and O–H groups in total. The highest BCUT2D eigenvalue weighted by Gasteiger charge is 2.18. The first kappa shape index (κ1) is 10.9. The van der Waals surface area contributed by atoms with E-state index in [9.17, 15) is 0 Å². The van der Waals surface area contributed by atoms with Crippen LogP contribution in [0.2, 0.25) is 0 Å². The van der Waals surface area contributed by atoms with E-state index >= 15 is 0 Å². The third-order valence-electron chi connectivity index (χ3n) is 2.97. The van der Waals surface area contributed by atoms with Crippen molar-refractivity contribution in [1.82, 2.24) is 10.3 Å². The molecule has 4 nitrogen and oxygen atoms in total. The molecule has 1 aromatic carbocycles. The number of rotatable bonds is 4. The molecule has 0 bridgehead atoms. The summed E-state index contributed by atoms with van der Waals surface area (Å²) in [6.07, 6.45) is 2.54. The van der Waals surface area contributed by atoms with E-state index in [0.717, 1.165) is 31.2 Å². The fraction of sp³-hybridized carbons (Fsp3) is 0.214. The van der Waals surface area contributed by atoms with Crippen LogP contribution in [0.15, 0.2) is 58.2 Å². The maximum atomic E-state index is 5.37. The molecule has 1 aromatic heterocycles. The summed E-state index contributed by atoms with van der Waals surface area (Å²) in [5.41, 5.74) is 4.30. The summed E-state index contributed by atoms with van der Waals surface area (Å²) in [6, 6.07) is 14.3. The Hall–Kier alpha value is -2.23. The van der Waals surface area contributed by atoms with Crippen molar-refractivity contribution in [3.63, 3.8) is 0 Å². The lowest BCUT2D eigenvalue weighted by molar-refractivity contribution is 0.364. The second-order valence-corrected chi connectivity index (χ2v) is 4.28. The van der Waals surface area contributed by atoms with Crippen molar-refractivity contribution in [1.29, 1.82) is 0 Å². The lowest BCUT2D eigenvalue weighted by Gasteiger charge is -2.17. The van der Waals surface area contributed by atoms with Crippen molar-refractivity contribution in [2.24, 2.45) is 5.10 Å². The third-order valence-corrected chi connectivity index (χ3v) is 2.97. The van der Waals surface area contributed by atoms with E-state index in [1.54, 1.807) is 6.26 Å². The minimum absolute atomic E-state index is 0.739. The highest BCUT2D eigenvalue weighted by atomic mass is 16.3. The summed E-state index contributed by atoms with van der Waals surface area (Å²) in [5.74, 6) is 2.01. The van der Waals surface area contributed by atoms with Crippen LogP contribution < -0.4 is 5.43 Å². The molecule has 1 aliphatic heterocycles. The first-order valence-corrected chi connectivity index (χ1v) is 6.02. The number of nitrogens with one attached hydrogen (secondary N) is 1. The topological polar surface area (TPSA) is 40.8 Å². The van der Waals surface area contributed by atoms with Gasteiger partial charge in [-0.15, -0.1) is 0 Å². The molecule has 2 aromatic rings. The molecular weight excluding hydrogens is 226 g/mol. The summed E-state index contributed by atoms with van der Waals surface area (Å²) in [5, 5.41) is 4.34. The highest BCUT2D eigenvalue weighted by molar-refractivity contribution is 5.85. The Morgan fingerprint density at radius 3 is 2.83 bits per heavy atom. The molecule has 3 rings (SSSR count). The largest absolute Gasteiger partial charge is 0.467 e. The van der Waals surface area contributed by atoms with Crippen LogP contribution >= 0.6 is 0 Å². The number of hydrogen-bond acceptors (Lipinski definition) is 4. The SMILES string of the molecule is c1ccc(CC2=NNCN2Cc2ccco2)cc1. The van der Waals surface area contributed by atoms with E-state index in [1.807, 2.05) is 18.2 Å². The summed E-state index contributed by atoms with van der Waals surface area (Å²) in [7, 11) is 0. The predicted octanol–water partition coefficient (Wildman–Crippen LogP) is 2.20. The number of benzene rings is 1. The number of hydrogen-bond donors (Lipinski definition) is 1. The van der Waals surface area contributed by atoms with Crippen molar-refractivity contribution in [3.8, 4) is 0 Å². The van der Waals surface area contributed by atoms with Crippen LogP contribution in [0.1, 0.15) is 11.3 Å². The summed E-state index contributed by atoms with van der Waals surface area (Å²) < 4.78 is 5.37. The van der Waals surface area contributed by atoms with Gasteiger partial charge in [-0.1, -0.05) is 30.3 Å². The van der Waals surface area contributed by atoms with E-state index in [4.69, 9.17) is 4.42 Å². The van der Waals surface area contributed by atoms with Crippen molar-refractivity contribution in [3.05, 3.63) is 60.1 Å². The van der Waals surface area contributed by atoms with Crippen molar-refractivity contribution < 1.29 is 4.42 Å². The smallest absolute Gasteiger partial charge is 0.131 e. The molecule has 0 fully saturated rings. The van der Waals surface area contributed by atoms with Gasteiger partial charge in [0.1, 0.15) is 18.3 Å². The minimum Gasteiger partial charge on any atom is -0.467 e. The van der Waals surface area contributed by atoms with Crippen LogP contribution in [-0.4, -0.2) is 17.4 Å². The van der Waals surface area contributed by atoms with E-state index in [2.05, 4.69) is 39.7 Å². The first-order valence-electron chi connectivity index (χ1n) is 6.02. The molecule has 0 aliphatic carbocycles. The summed E-state index contributed by atoms with van der Waals surface area (Å²) in [6.45, 7) is 1.49. The second kappa shape index (κ2) is 4.96. The van der Waals surface area contributed by atoms with Gasteiger partial charge in [0.25, 0.3) is 0 Å². The standard InChI is InChI=1S/C14H15N3O/c1-2-5-12(6-3-1)9-14-16-15-11-17(14)10-13-7-4-8-18-13/h1-8,15H,9-11H2. The van der Waals surface area contributed by atoms with Crippen molar-refractivity contribution in [2.45, 2.75) is 13.0 Å². The predicted molar refractivity (Wildman–Crippen MR) is 69.8 cm³/mol. The lowest BCUT2D eigenvalue weighted by atomic mass is 10.1. The fourth-order valence-corrected chi connectivity index (χ4v) is 2.04. The zero-order chi connectivity index (χ0) is 12.2. The molecule has 0 unspecified atom stereocenters. The van der Waals surface area contributed by atoms with Gasteiger partial charge in [0.2, 0.25) is 0 Å². The van der Waals surface area contributed by atoms with Crippen LogP contribution in [0.25, 0.3) is 0 Å². The molecule has 0 saturated carbocycles. The Balaban J connectivity index is 1.68. The Morgan fingerprint density at radius 2 is 2.06 bits per heavy atom. The van der Waals surface area contributed by atoms with Crippen LogP contribution in [0, 0.1) is 0 Å². The van der Waals surface area contributed by atoms with Crippen molar-refractivity contribution >= 4 is 5.84 Å². The van der Waals surface area contributed by atoms with E-state index in [1.165, 1.54) is 5.56 Å². The lowest BCUT2D eigenvalue weighted by Crippen LogP contribution is -2.29. The van der Waals surface area contributed by atoms with Gasteiger partial charge in [-0.05, 0) is 17.7 Å². The van der Waals surface area contributed by atoms with Gasteiger partial charge in [0.05, 0.1) is 12.8 Å². The first-order chi connectivity index (χ1) is 8.92. The number of hydrazone groups is 1. The Morgan fingerprint density at radius 1 is 1.17 bits per heavy atom. The monoisotopic (exact) mass is 241 g/mol. The zero-order valence-electron chi connectivity index (χ0n) is 10.0. The molecule has 0 amide bonds. The molecule has 4 heteroatoms. The zero-order valence-corrected chi connectivity index (χ0v) is 10.0. The van der Waals surface area contributed by atoms with Gasteiger partial charge in [-0.3, -0.25) is 5.43 Å². The number of nitrogens with zero attached hydrogens (tertiary/aromatic N) is 2. The third kappa shape index (κ3) is 2.37. The quantitative estimate of drug-likeness (QED) is 0.892. The van der Waals surface area contributed by atoms with Crippen LogP contribution in [0.4, 0.5) is 0 Å². The maximum absolute atomic E-state index is 5.37. The van der Waals surface area contributed by atoms with E-state index in [0.29, 0.717) is 0 Å². The molecule has 0 radical (unpaired) electrons. The number of amidine groups is 1. The van der Waals surface area contributed by atoms with Gasteiger partial charge in [0, 0.05) is 6.42 Å². The Kier molecular flexibility index (Phi) is 3.00. The van der Waals surface area contributed by atoms with Gasteiger partial charge in [-0.2, -0.15) is 5.10 Å². The van der Waals surface area contributed by atoms with Crippen LogP contribution in [0.3, 0.4) is 0 Å². The van der Waals surface area contributed by atoms with Gasteiger partial charge in [0.15, 0.2) is 0 Å². The molecule has 92 valence electrons. The molecule has 1 aliphatic rings. The molecular formula is C14H15N3O. The average molecular weight is 241 g/mol. The highest BCUT2D eigenvalue weighted by Crippen LogP contribution is 2.11. The minimum atomic E-state index is 0.739. The van der Waals surface area contributed by atoms with E-state index in [-0.39, 0.29) is 0 Å². The molecule has 0 spiro atoms. The Labute approximate surface area is 106 Å². The van der Waals surface area contributed by atoms with E-state index < -0.39 is 0 Å². The van der Waals surface area contributed by atoms with Crippen molar-refractivity contribution in [2.75, 3.05) is 6.67 Å². The maximum Gasteiger partial charge on any atom is 0.131 e. The molecule has 2 heterocycles. The van der Waals surface area contributed by atoms with Crippen LogP contribution in [-0.2, 0) is 13.0 Å². The van der Waals surface area contributed by atoms with Gasteiger partial charge < -0.3 is 9.32 Å². The summed E-state index contributed by atoms with van der Waals surface area (Å²) >= 11 is 0. The fourth-order valence-electron chi connectivity index (χ4n) is 2.04. The Bertz CT molecular complexity index is 519.